The smallest absolute Gasteiger partial charge is 0.0595 e. The Morgan fingerprint density at radius 3 is 2.55 bits per heavy atom. The number of fused-ring (bicyclic) bond motifs is 2. The highest BCUT2D eigenvalue weighted by atomic mass is 32.2. The molecule has 2 aliphatic rings. The summed E-state index contributed by atoms with van der Waals surface area (Å²) in [5.74, 6) is 8.23. The molecule has 0 aliphatic heterocycles. The third-order valence-electron chi connectivity index (χ3n) is 5.51. The van der Waals surface area contributed by atoms with Crippen molar-refractivity contribution >= 4 is 11.8 Å². The molecule has 3 rings (SSSR count). The molecule has 0 nitrogen and oxygen atoms in total. The Kier molecular flexibility index (Phi) is 3.46. The van der Waals surface area contributed by atoms with E-state index in [1.165, 1.54) is 12.8 Å². The van der Waals surface area contributed by atoms with Crippen LogP contribution in [0.2, 0.25) is 0 Å². The normalized spacial score (nSPS) is 29.8. The molecule has 0 amide bonds. The van der Waals surface area contributed by atoms with Gasteiger partial charge in [0.25, 0.3) is 0 Å². The average molecular weight is 282 g/mol. The van der Waals surface area contributed by atoms with Crippen LogP contribution in [0.4, 0.5) is 0 Å². The SMILES string of the molecule is CC1(C)[C@H]2C=C(SCC#Cc3ccccc3)[C@]1(C)CC2. The van der Waals surface area contributed by atoms with Crippen LogP contribution >= 0.6 is 11.8 Å². The number of hydrogen-bond donors (Lipinski definition) is 0. The van der Waals surface area contributed by atoms with E-state index in [4.69, 9.17) is 0 Å². The molecule has 1 aromatic carbocycles. The maximum atomic E-state index is 3.30. The fraction of sp³-hybridized carbons (Fsp3) is 0.474. The van der Waals surface area contributed by atoms with E-state index >= 15 is 0 Å². The van der Waals surface area contributed by atoms with Crippen LogP contribution in [0.25, 0.3) is 0 Å². The van der Waals surface area contributed by atoms with Gasteiger partial charge in [-0.3, -0.25) is 0 Å². The highest BCUT2D eigenvalue weighted by Crippen LogP contribution is 2.67. The van der Waals surface area contributed by atoms with Crippen molar-refractivity contribution < 1.29 is 0 Å². The van der Waals surface area contributed by atoms with Crippen LogP contribution < -0.4 is 0 Å². The average Bonchev–Trinajstić information content (AvgIpc) is 2.78. The predicted molar refractivity (Wildman–Crippen MR) is 88.5 cm³/mol. The molecule has 1 fully saturated rings. The monoisotopic (exact) mass is 282 g/mol. The Hall–Kier alpha value is -1.13. The second-order valence-corrected chi connectivity index (χ2v) is 7.70. The first-order valence-electron chi connectivity index (χ1n) is 7.43. The Morgan fingerprint density at radius 2 is 1.95 bits per heavy atom. The molecule has 2 bridgehead atoms. The third-order valence-corrected chi connectivity index (χ3v) is 6.69. The fourth-order valence-corrected chi connectivity index (χ4v) is 4.86. The predicted octanol–water partition coefficient (Wildman–Crippen LogP) is 5.11. The van der Waals surface area contributed by atoms with Gasteiger partial charge in [-0.1, -0.05) is 56.9 Å². The van der Waals surface area contributed by atoms with E-state index < -0.39 is 0 Å². The lowest BCUT2D eigenvalue weighted by Crippen LogP contribution is -2.29. The molecule has 1 saturated carbocycles. The van der Waals surface area contributed by atoms with Gasteiger partial charge in [0.2, 0.25) is 0 Å². The van der Waals surface area contributed by atoms with E-state index in [0.29, 0.717) is 10.8 Å². The van der Waals surface area contributed by atoms with E-state index in [0.717, 1.165) is 17.2 Å². The van der Waals surface area contributed by atoms with Crippen molar-refractivity contribution in [3.63, 3.8) is 0 Å². The van der Waals surface area contributed by atoms with Gasteiger partial charge in [0.15, 0.2) is 0 Å². The molecule has 0 aromatic heterocycles. The van der Waals surface area contributed by atoms with Gasteiger partial charge in [0.1, 0.15) is 0 Å². The van der Waals surface area contributed by atoms with Gasteiger partial charge in [0.05, 0.1) is 5.75 Å². The molecule has 0 unspecified atom stereocenters. The minimum absolute atomic E-state index is 0.386. The van der Waals surface area contributed by atoms with Crippen LogP contribution in [0.5, 0.6) is 0 Å². The molecule has 1 aromatic rings. The molecule has 104 valence electrons. The van der Waals surface area contributed by atoms with Crippen LogP contribution in [0, 0.1) is 28.6 Å². The first-order valence-corrected chi connectivity index (χ1v) is 8.42. The number of thioether (sulfide) groups is 1. The van der Waals surface area contributed by atoms with E-state index in [9.17, 15) is 0 Å². The van der Waals surface area contributed by atoms with E-state index in [1.54, 1.807) is 4.91 Å². The Bertz CT molecular complexity index is 585. The number of hydrogen-bond acceptors (Lipinski definition) is 1. The van der Waals surface area contributed by atoms with E-state index in [2.05, 4.69) is 50.8 Å². The minimum atomic E-state index is 0.386. The molecule has 0 spiro atoms. The lowest BCUT2D eigenvalue weighted by atomic mass is 9.70. The summed E-state index contributed by atoms with van der Waals surface area (Å²) in [5, 5.41) is 0. The maximum absolute atomic E-state index is 3.30. The summed E-state index contributed by atoms with van der Waals surface area (Å²) in [6.45, 7) is 7.32. The van der Waals surface area contributed by atoms with Crippen molar-refractivity contribution in [2.75, 3.05) is 5.75 Å². The van der Waals surface area contributed by atoms with Crippen molar-refractivity contribution in [1.29, 1.82) is 0 Å². The minimum Gasteiger partial charge on any atom is -0.117 e. The van der Waals surface area contributed by atoms with Gasteiger partial charge in [-0.25, -0.2) is 0 Å². The van der Waals surface area contributed by atoms with Crippen LogP contribution in [-0.2, 0) is 0 Å². The van der Waals surface area contributed by atoms with Crippen molar-refractivity contribution in [1.82, 2.24) is 0 Å². The molecular formula is C19H22S. The molecule has 2 aliphatic carbocycles. The standard InChI is InChI=1S/C19H22S/c1-18(2)16-11-12-19(18,3)17(14-16)20-13-7-10-15-8-5-4-6-9-15/h4-6,8-9,14,16H,11-13H2,1-3H3/t16-,19+/m1/s1. The summed E-state index contributed by atoms with van der Waals surface area (Å²) < 4.78 is 0. The van der Waals surface area contributed by atoms with E-state index in [-0.39, 0.29) is 0 Å². The summed E-state index contributed by atoms with van der Waals surface area (Å²) in [7, 11) is 0. The topological polar surface area (TPSA) is 0 Å². The van der Waals surface area contributed by atoms with Gasteiger partial charge < -0.3 is 0 Å². The third kappa shape index (κ3) is 2.11. The Labute approximate surface area is 127 Å². The van der Waals surface area contributed by atoms with Crippen molar-refractivity contribution in [3.05, 3.63) is 46.9 Å². The van der Waals surface area contributed by atoms with Crippen LogP contribution in [0.3, 0.4) is 0 Å². The number of allylic oxidation sites excluding steroid dienone is 2. The summed E-state index contributed by atoms with van der Waals surface area (Å²) in [6, 6.07) is 10.2. The zero-order valence-corrected chi connectivity index (χ0v) is 13.4. The van der Waals surface area contributed by atoms with Gasteiger partial charge in [-0.05, 0) is 41.2 Å². The molecule has 20 heavy (non-hydrogen) atoms. The largest absolute Gasteiger partial charge is 0.117 e. The summed E-state index contributed by atoms with van der Waals surface area (Å²) >= 11 is 1.96. The molecule has 0 saturated heterocycles. The van der Waals surface area contributed by atoms with Crippen molar-refractivity contribution in [2.24, 2.45) is 16.7 Å². The molecule has 0 radical (unpaired) electrons. The van der Waals surface area contributed by atoms with Crippen LogP contribution in [0.1, 0.15) is 39.2 Å². The Balaban J connectivity index is 1.64. The molecule has 2 atom stereocenters. The lowest BCUT2D eigenvalue weighted by molar-refractivity contribution is 0.179. The summed E-state index contributed by atoms with van der Waals surface area (Å²) in [5.41, 5.74) is 1.93. The zero-order valence-electron chi connectivity index (χ0n) is 12.6. The van der Waals surface area contributed by atoms with Gasteiger partial charge in [-0.2, -0.15) is 0 Å². The quantitative estimate of drug-likeness (QED) is 0.679. The number of benzene rings is 1. The first-order chi connectivity index (χ1) is 9.54. The molecule has 0 heterocycles. The zero-order chi connectivity index (χ0) is 14.2. The van der Waals surface area contributed by atoms with Gasteiger partial charge in [0, 0.05) is 11.0 Å². The molecule has 0 N–H and O–H groups in total. The van der Waals surface area contributed by atoms with E-state index in [1.807, 2.05) is 30.0 Å². The fourth-order valence-electron chi connectivity index (χ4n) is 3.62. The lowest BCUT2D eigenvalue weighted by Gasteiger charge is -2.37. The Morgan fingerprint density at radius 1 is 1.20 bits per heavy atom. The second-order valence-electron chi connectivity index (χ2n) is 6.69. The van der Waals surface area contributed by atoms with Crippen molar-refractivity contribution in [3.8, 4) is 11.8 Å². The molecular weight excluding hydrogens is 260 g/mol. The van der Waals surface area contributed by atoms with Crippen LogP contribution in [0.15, 0.2) is 41.3 Å². The maximum Gasteiger partial charge on any atom is 0.0595 e. The van der Waals surface area contributed by atoms with Crippen LogP contribution in [-0.4, -0.2) is 5.75 Å². The first kappa shape index (κ1) is 13.8. The number of rotatable bonds is 2. The summed E-state index contributed by atoms with van der Waals surface area (Å²) in [6.07, 6.45) is 5.23. The highest BCUT2D eigenvalue weighted by Gasteiger charge is 2.56. The van der Waals surface area contributed by atoms with Gasteiger partial charge >= 0.3 is 0 Å². The highest BCUT2D eigenvalue weighted by molar-refractivity contribution is 8.03. The molecule has 1 heteroatoms. The second kappa shape index (κ2) is 5.01. The summed E-state index contributed by atoms with van der Waals surface area (Å²) in [4.78, 5) is 1.58. The van der Waals surface area contributed by atoms with Gasteiger partial charge in [-0.15, -0.1) is 11.8 Å². The van der Waals surface area contributed by atoms with Crippen molar-refractivity contribution in [2.45, 2.75) is 33.6 Å².